The molecule has 0 fully saturated rings. The number of hydrogen-bond acceptors (Lipinski definition) is 4. The molecule has 0 saturated heterocycles. The minimum absolute atomic E-state index is 0.175. The lowest BCUT2D eigenvalue weighted by Gasteiger charge is -2.06. The number of amides is 1. The molecule has 88 valence electrons. The summed E-state index contributed by atoms with van der Waals surface area (Å²) in [6.07, 6.45) is 3.88. The summed E-state index contributed by atoms with van der Waals surface area (Å²) in [5.41, 5.74) is 7.80. The van der Waals surface area contributed by atoms with Gasteiger partial charge in [-0.3, -0.25) is 9.78 Å². The Morgan fingerprint density at radius 3 is 3.06 bits per heavy atom. The van der Waals surface area contributed by atoms with E-state index in [4.69, 9.17) is 5.73 Å². The first-order valence-corrected chi connectivity index (χ1v) is 6.20. The average Bonchev–Trinajstić information content (AvgIpc) is 2.82. The van der Waals surface area contributed by atoms with Crippen molar-refractivity contribution in [1.29, 1.82) is 0 Å². The Kier molecular flexibility index (Phi) is 3.72. The zero-order chi connectivity index (χ0) is 12.1. The summed E-state index contributed by atoms with van der Waals surface area (Å²) in [6.45, 7) is 0.601. The van der Waals surface area contributed by atoms with Crippen LogP contribution in [0.2, 0.25) is 0 Å². The molecule has 0 bridgehead atoms. The van der Waals surface area contributed by atoms with Gasteiger partial charge in [0.05, 0.1) is 5.56 Å². The maximum atomic E-state index is 11.8. The number of nitrogens with two attached hydrogens (primary N) is 1. The van der Waals surface area contributed by atoms with E-state index >= 15 is 0 Å². The molecule has 0 saturated carbocycles. The summed E-state index contributed by atoms with van der Waals surface area (Å²) in [7, 11) is 0. The van der Waals surface area contributed by atoms with Crippen LogP contribution >= 0.6 is 11.3 Å². The van der Waals surface area contributed by atoms with Gasteiger partial charge < -0.3 is 11.1 Å². The number of carbonyl (C=O) groups is 1. The SMILES string of the molecule is Nc1ccncc1C(=O)NCCc1ccsc1. The van der Waals surface area contributed by atoms with Gasteiger partial charge in [0.2, 0.25) is 0 Å². The third-order valence-electron chi connectivity index (χ3n) is 2.38. The van der Waals surface area contributed by atoms with Crippen molar-refractivity contribution in [1.82, 2.24) is 10.3 Å². The summed E-state index contributed by atoms with van der Waals surface area (Å²) < 4.78 is 0. The van der Waals surface area contributed by atoms with Crippen molar-refractivity contribution in [3.05, 3.63) is 46.4 Å². The Morgan fingerprint density at radius 2 is 2.35 bits per heavy atom. The molecular formula is C12H13N3OS. The van der Waals surface area contributed by atoms with Gasteiger partial charge in [0.15, 0.2) is 0 Å². The van der Waals surface area contributed by atoms with Crippen molar-refractivity contribution in [3.8, 4) is 0 Å². The Morgan fingerprint density at radius 1 is 1.47 bits per heavy atom. The maximum absolute atomic E-state index is 11.8. The molecule has 2 aromatic rings. The maximum Gasteiger partial charge on any atom is 0.254 e. The van der Waals surface area contributed by atoms with E-state index in [1.165, 1.54) is 11.8 Å². The highest BCUT2D eigenvalue weighted by molar-refractivity contribution is 7.07. The first-order chi connectivity index (χ1) is 8.27. The van der Waals surface area contributed by atoms with Crippen molar-refractivity contribution in [2.24, 2.45) is 0 Å². The Bertz CT molecular complexity index is 496. The fraction of sp³-hybridized carbons (Fsp3) is 0.167. The number of carbonyl (C=O) groups excluding carboxylic acids is 1. The Labute approximate surface area is 103 Å². The smallest absolute Gasteiger partial charge is 0.254 e. The average molecular weight is 247 g/mol. The van der Waals surface area contributed by atoms with Gasteiger partial charge in [-0.15, -0.1) is 0 Å². The largest absolute Gasteiger partial charge is 0.398 e. The predicted octanol–water partition coefficient (Wildman–Crippen LogP) is 1.70. The van der Waals surface area contributed by atoms with Crippen LogP contribution < -0.4 is 11.1 Å². The van der Waals surface area contributed by atoms with Gasteiger partial charge in [-0.25, -0.2) is 0 Å². The highest BCUT2D eigenvalue weighted by Gasteiger charge is 2.08. The van der Waals surface area contributed by atoms with E-state index in [0.29, 0.717) is 17.8 Å². The van der Waals surface area contributed by atoms with Crippen LogP contribution in [-0.4, -0.2) is 17.4 Å². The number of thiophene rings is 1. The number of nitrogens with one attached hydrogen (secondary N) is 1. The van der Waals surface area contributed by atoms with E-state index in [-0.39, 0.29) is 5.91 Å². The van der Waals surface area contributed by atoms with E-state index < -0.39 is 0 Å². The van der Waals surface area contributed by atoms with Crippen LogP contribution in [0.4, 0.5) is 5.69 Å². The molecule has 0 aliphatic rings. The summed E-state index contributed by atoms with van der Waals surface area (Å²) in [5, 5.41) is 6.92. The number of hydrogen-bond donors (Lipinski definition) is 2. The van der Waals surface area contributed by atoms with Crippen LogP contribution in [0.15, 0.2) is 35.3 Å². The van der Waals surface area contributed by atoms with Gasteiger partial charge >= 0.3 is 0 Å². The molecule has 5 heteroatoms. The summed E-state index contributed by atoms with van der Waals surface area (Å²) in [6, 6.07) is 3.67. The lowest BCUT2D eigenvalue weighted by molar-refractivity contribution is 0.0954. The highest BCUT2D eigenvalue weighted by atomic mass is 32.1. The third kappa shape index (κ3) is 3.04. The second kappa shape index (κ2) is 5.45. The molecule has 2 rings (SSSR count). The molecule has 3 N–H and O–H groups in total. The van der Waals surface area contributed by atoms with Crippen molar-refractivity contribution >= 4 is 22.9 Å². The lowest BCUT2D eigenvalue weighted by atomic mass is 10.2. The van der Waals surface area contributed by atoms with Crippen molar-refractivity contribution < 1.29 is 4.79 Å². The summed E-state index contributed by atoms with van der Waals surface area (Å²) in [4.78, 5) is 15.7. The number of rotatable bonds is 4. The molecule has 0 aromatic carbocycles. The molecule has 2 aromatic heterocycles. The predicted molar refractivity (Wildman–Crippen MR) is 69.0 cm³/mol. The molecule has 0 unspecified atom stereocenters. The first-order valence-electron chi connectivity index (χ1n) is 5.26. The van der Waals surface area contributed by atoms with E-state index in [1.807, 2.05) is 5.38 Å². The fourth-order valence-corrected chi connectivity index (χ4v) is 2.15. The summed E-state index contributed by atoms with van der Waals surface area (Å²) in [5.74, 6) is -0.175. The van der Waals surface area contributed by atoms with Crippen LogP contribution in [-0.2, 0) is 6.42 Å². The molecule has 0 aliphatic carbocycles. The zero-order valence-electron chi connectivity index (χ0n) is 9.22. The first kappa shape index (κ1) is 11.6. The van der Waals surface area contributed by atoms with E-state index in [1.54, 1.807) is 23.6 Å². The number of pyridine rings is 1. The molecule has 17 heavy (non-hydrogen) atoms. The number of nitrogens with zero attached hydrogens (tertiary/aromatic N) is 1. The Hall–Kier alpha value is -1.88. The fourth-order valence-electron chi connectivity index (χ4n) is 1.45. The number of nitrogen functional groups attached to an aromatic ring is 1. The van der Waals surface area contributed by atoms with Gasteiger partial charge in [-0.1, -0.05) is 0 Å². The van der Waals surface area contributed by atoms with Crippen LogP contribution in [0, 0.1) is 0 Å². The van der Waals surface area contributed by atoms with Crippen molar-refractivity contribution in [2.75, 3.05) is 12.3 Å². The monoisotopic (exact) mass is 247 g/mol. The van der Waals surface area contributed by atoms with Gasteiger partial charge in [0, 0.05) is 24.6 Å². The van der Waals surface area contributed by atoms with Gasteiger partial charge in [-0.05, 0) is 34.9 Å². The van der Waals surface area contributed by atoms with Crippen molar-refractivity contribution in [3.63, 3.8) is 0 Å². The van der Waals surface area contributed by atoms with Gasteiger partial charge in [-0.2, -0.15) is 11.3 Å². The zero-order valence-corrected chi connectivity index (χ0v) is 10.0. The normalized spacial score (nSPS) is 10.1. The molecule has 4 nitrogen and oxygen atoms in total. The minimum atomic E-state index is -0.175. The molecule has 0 aliphatic heterocycles. The topological polar surface area (TPSA) is 68.0 Å². The van der Waals surface area contributed by atoms with Crippen LogP contribution in [0.5, 0.6) is 0 Å². The minimum Gasteiger partial charge on any atom is -0.398 e. The molecular weight excluding hydrogens is 234 g/mol. The van der Waals surface area contributed by atoms with Crippen LogP contribution in [0.25, 0.3) is 0 Å². The third-order valence-corrected chi connectivity index (χ3v) is 3.11. The molecule has 2 heterocycles. The van der Waals surface area contributed by atoms with E-state index in [9.17, 15) is 4.79 Å². The van der Waals surface area contributed by atoms with Crippen LogP contribution in [0.1, 0.15) is 15.9 Å². The van der Waals surface area contributed by atoms with Crippen molar-refractivity contribution in [2.45, 2.75) is 6.42 Å². The summed E-state index contributed by atoms with van der Waals surface area (Å²) >= 11 is 1.65. The lowest BCUT2D eigenvalue weighted by Crippen LogP contribution is -2.26. The molecule has 0 radical (unpaired) electrons. The van der Waals surface area contributed by atoms with Gasteiger partial charge in [0.25, 0.3) is 5.91 Å². The molecule has 0 spiro atoms. The quantitative estimate of drug-likeness (QED) is 0.864. The van der Waals surface area contributed by atoms with E-state index in [0.717, 1.165) is 6.42 Å². The van der Waals surface area contributed by atoms with E-state index in [2.05, 4.69) is 21.7 Å². The molecule has 1 amide bonds. The highest BCUT2D eigenvalue weighted by Crippen LogP contribution is 2.09. The van der Waals surface area contributed by atoms with Crippen LogP contribution in [0.3, 0.4) is 0 Å². The van der Waals surface area contributed by atoms with Gasteiger partial charge in [0.1, 0.15) is 0 Å². The molecule has 0 atom stereocenters. The number of anilines is 1. The standard InChI is InChI=1S/C12H13N3OS/c13-11-2-4-14-7-10(11)12(16)15-5-1-9-3-6-17-8-9/h2-4,6-8H,1,5H2,(H2,13,14)(H,15,16). The number of aromatic nitrogens is 1. The second-order valence-corrected chi connectivity index (χ2v) is 4.38. The second-order valence-electron chi connectivity index (χ2n) is 3.60. The Balaban J connectivity index is 1.88.